The molecule has 4 nitrogen and oxygen atoms in total. The van der Waals surface area contributed by atoms with E-state index in [0.717, 1.165) is 0 Å². The summed E-state index contributed by atoms with van der Waals surface area (Å²) in [6.07, 6.45) is 0.600. The number of hydrogen-bond donors (Lipinski definition) is 1. The van der Waals surface area contributed by atoms with Crippen LogP contribution in [-0.4, -0.2) is 32.9 Å². The Morgan fingerprint density at radius 2 is 2.07 bits per heavy atom. The first-order valence-corrected chi connectivity index (χ1v) is 6.57. The minimum Gasteiger partial charge on any atom is -0.381 e. The molecule has 84 valence electrons. The van der Waals surface area contributed by atoms with Crippen molar-refractivity contribution in [1.82, 2.24) is 4.72 Å². The third-order valence-electron chi connectivity index (χ3n) is 2.36. The fourth-order valence-electron chi connectivity index (χ4n) is 1.74. The smallest absolute Gasteiger partial charge is 0.215 e. The first-order chi connectivity index (χ1) is 6.43. The zero-order chi connectivity index (χ0) is 10.8. The van der Waals surface area contributed by atoms with Crippen molar-refractivity contribution in [3.05, 3.63) is 0 Å². The number of hydrogen-bond acceptors (Lipinski definition) is 3. The highest BCUT2D eigenvalue weighted by Gasteiger charge is 2.33. The van der Waals surface area contributed by atoms with Gasteiger partial charge < -0.3 is 4.74 Å². The second-order valence-corrected chi connectivity index (χ2v) is 6.13. The molecule has 1 aliphatic rings. The fourth-order valence-corrected chi connectivity index (χ4v) is 3.67. The van der Waals surface area contributed by atoms with Gasteiger partial charge in [-0.15, -0.1) is 0 Å². The number of rotatable bonds is 3. The Balaban J connectivity index is 2.70. The van der Waals surface area contributed by atoms with Crippen LogP contribution in [-0.2, 0) is 14.8 Å². The van der Waals surface area contributed by atoms with E-state index < -0.39 is 10.0 Å². The van der Waals surface area contributed by atoms with Crippen molar-refractivity contribution < 1.29 is 13.2 Å². The molecule has 1 saturated heterocycles. The Bertz CT molecular complexity index is 274. The maximum absolute atomic E-state index is 11.8. The Morgan fingerprint density at radius 3 is 2.57 bits per heavy atom. The largest absolute Gasteiger partial charge is 0.381 e. The normalized spacial score (nSPS) is 29.4. The highest BCUT2D eigenvalue weighted by molar-refractivity contribution is 7.90. The van der Waals surface area contributed by atoms with E-state index in [9.17, 15) is 8.42 Å². The molecule has 1 N–H and O–H groups in total. The van der Waals surface area contributed by atoms with E-state index in [1.165, 1.54) is 0 Å². The lowest BCUT2D eigenvalue weighted by molar-refractivity contribution is 0.0634. The van der Waals surface area contributed by atoms with Crippen LogP contribution in [0.25, 0.3) is 0 Å². The zero-order valence-corrected chi connectivity index (χ0v) is 9.80. The van der Waals surface area contributed by atoms with Gasteiger partial charge in [0, 0.05) is 12.6 Å². The first-order valence-electron chi connectivity index (χ1n) is 5.02. The third kappa shape index (κ3) is 2.93. The van der Waals surface area contributed by atoms with Gasteiger partial charge in [-0.05, 0) is 26.2 Å². The number of nitrogens with one attached hydrogen (secondary N) is 1. The van der Waals surface area contributed by atoms with Crippen LogP contribution < -0.4 is 4.72 Å². The van der Waals surface area contributed by atoms with Crippen molar-refractivity contribution in [1.29, 1.82) is 0 Å². The van der Waals surface area contributed by atoms with Crippen molar-refractivity contribution in [2.45, 2.75) is 38.5 Å². The second kappa shape index (κ2) is 4.59. The lowest BCUT2D eigenvalue weighted by Gasteiger charge is -2.29. The average molecular weight is 221 g/mol. The molecule has 2 atom stereocenters. The van der Waals surface area contributed by atoms with E-state index in [-0.39, 0.29) is 17.2 Å². The lowest BCUT2D eigenvalue weighted by Crippen LogP contribution is -2.45. The van der Waals surface area contributed by atoms with Crippen molar-refractivity contribution in [2.24, 2.45) is 5.92 Å². The van der Waals surface area contributed by atoms with Crippen LogP contribution in [0.2, 0.25) is 0 Å². The molecular formula is C9H19NO3S. The van der Waals surface area contributed by atoms with Crippen LogP contribution in [0.15, 0.2) is 0 Å². The molecule has 0 amide bonds. The van der Waals surface area contributed by atoms with E-state index in [0.29, 0.717) is 19.6 Å². The van der Waals surface area contributed by atoms with Gasteiger partial charge in [0.1, 0.15) is 0 Å². The zero-order valence-electron chi connectivity index (χ0n) is 8.99. The van der Waals surface area contributed by atoms with E-state index in [1.54, 1.807) is 0 Å². The average Bonchev–Trinajstić information content (AvgIpc) is 2.02. The molecular weight excluding hydrogens is 202 g/mol. The molecule has 1 heterocycles. The molecule has 0 saturated carbocycles. The molecule has 0 bridgehead atoms. The maximum Gasteiger partial charge on any atom is 0.215 e. The molecule has 5 heteroatoms. The van der Waals surface area contributed by atoms with Gasteiger partial charge in [-0.25, -0.2) is 13.1 Å². The van der Waals surface area contributed by atoms with Crippen LogP contribution in [0, 0.1) is 5.92 Å². The van der Waals surface area contributed by atoms with Crippen molar-refractivity contribution >= 4 is 10.0 Å². The second-order valence-electron chi connectivity index (χ2n) is 4.20. The maximum atomic E-state index is 11.8. The standard InChI is InChI=1S/C9H19NO3S/c1-7(2)10-14(11,12)9-4-5-13-6-8(9)3/h7-10H,4-6H2,1-3H3/t8-,9-/m1/s1. The molecule has 0 aromatic rings. The summed E-state index contributed by atoms with van der Waals surface area (Å²) in [5.41, 5.74) is 0. The minimum atomic E-state index is -3.16. The Kier molecular flexibility index (Phi) is 3.92. The van der Waals surface area contributed by atoms with Gasteiger partial charge in [-0.3, -0.25) is 0 Å². The summed E-state index contributed by atoms with van der Waals surface area (Å²) in [5.74, 6) is 0.0833. The summed E-state index contributed by atoms with van der Waals surface area (Å²) in [6, 6.07) is -0.0324. The summed E-state index contributed by atoms with van der Waals surface area (Å²) >= 11 is 0. The molecule has 0 aromatic carbocycles. The van der Waals surface area contributed by atoms with Crippen LogP contribution in [0.5, 0.6) is 0 Å². The summed E-state index contributed by atoms with van der Waals surface area (Å²) in [6.45, 7) is 6.68. The molecule has 0 aliphatic carbocycles. The van der Waals surface area contributed by atoms with E-state index >= 15 is 0 Å². The fraction of sp³-hybridized carbons (Fsp3) is 1.00. The van der Waals surface area contributed by atoms with E-state index in [4.69, 9.17) is 4.74 Å². The minimum absolute atomic E-state index is 0.0324. The topological polar surface area (TPSA) is 55.4 Å². The molecule has 0 radical (unpaired) electrons. The van der Waals surface area contributed by atoms with Crippen molar-refractivity contribution in [2.75, 3.05) is 13.2 Å². The Morgan fingerprint density at radius 1 is 1.43 bits per heavy atom. The number of sulfonamides is 1. The Hall–Kier alpha value is -0.130. The molecule has 0 aromatic heterocycles. The summed E-state index contributed by atoms with van der Waals surface area (Å²) in [4.78, 5) is 0. The quantitative estimate of drug-likeness (QED) is 0.764. The van der Waals surface area contributed by atoms with Crippen LogP contribution in [0.3, 0.4) is 0 Å². The molecule has 0 unspecified atom stereocenters. The highest BCUT2D eigenvalue weighted by Crippen LogP contribution is 2.20. The van der Waals surface area contributed by atoms with Crippen LogP contribution in [0.4, 0.5) is 0 Å². The molecule has 1 fully saturated rings. The van der Waals surface area contributed by atoms with Gasteiger partial charge in [0.25, 0.3) is 0 Å². The Labute approximate surface area is 86.1 Å². The first kappa shape index (κ1) is 11.9. The van der Waals surface area contributed by atoms with Gasteiger partial charge in [0.2, 0.25) is 10.0 Å². The van der Waals surface area contributed by atoms with Crippen LogP contribution in [0.1, 0.15) is 27.2 Å². The van der Waals surface area contributed by atoms with Gasteiger partial charge in [-0.2, -0.15) is 0 Å². The van der Waals surface area contributed by atoms with Gasteiger partial charge in [-0.1, -0.05) is 6.92 Å². The SMILES string of the molecule is CC(C)NS(=O)(=O)[C@@H]1CCOC[C@H]1C. The lowest BCUT2D eigenvalue weighted by atomic mass is 10.0. The van der Waals surface area contributed by atoms with Crippen molar-refractivity contribution in [3.8, 4) is 0 Å². The van der Waals surface area contributed by atoms with Crippen LogP contribution >= 0.6 is 0 Å². The molecule has 0 spiro atoms. The van der Waals surface area contributed by atoms with Gasteiger partial charge in [0.15, 0.2) is 0 Å². The third-order valence-corrected chi connectivity index (χ3v) is 4.66. The predicted octanol–water partition coefficient (Wildman–Crippen LogP) is 0.739. The molecule has 14 heavy (non-hydrogen) atoms. The van der Waals surface area contributed by atoms with Crippen molar-refractivity contribution in [3.63, 3.8) is 0 Å². The molecule has 1 aliphatic heterocycles. The van der Waals surface area contributed by atoms with Gasteiger partial charge in [0.05, 0.1) is 11.9 Å². The highest BCUT2D eigenvalue weighted by atomic mass is 32.2. The van der Waals surface area contributed by atoms with E-state index in [2.05, 4.69) is 4.72 Å². The number of ether oxygens (including phenoxy) is 1. The monoisotopic (exact) mass is 221 g/mol. The van der Waals surface area contributed by atoms with Gasteiger partial charge >= 0.3 is 0 Å². The summed E-state index contributed by atoms with van der Waals surface area (Å²) in [7, 11) is -3.16. The predicted molar refractivity (Wildman–Crippen MR) is 55.6 cm³/mol. The molecule has 1 rings (SSSR count). The van der Waals surface area contributed by atoms with E-state index in [1.807, 2.05) is 20.8 Å². The summed E-state index contributed by atoms with van der Waals surface area (Å²) < 4.78 is 31.5. The summed E-state index contributed by atoms with van der Waals surface area (Å²) in [5, 5.41) is -0.293.